The van der Waals surface area contributed by atoms with Crippen LogP contribution in [0.25, 0.3) is 0 Å². The van der Waals surface area contributed by atoms with Crippen molar-refractivity contribution in [2.45, 2.75) is 71.6 Å². The number of hydrazone groups is 1. The average molecular weight is 433 g/mol. The summed E-state index contributed by atoms with van der Waals surface area (Å²) in [5.74, 6) is 1.15. The number of hydrogen-bond donors (Lipinski definition) is 2. The van der Waals surface area contributed by atoms with Crippen LogP contribution in [0.3, 0.4) is 0 Å². The molecule has 2 rings (SSSR count). The number of nitrogens with zero attached hydrogens (tertiary/aromatic N) is 2. The maximum absolute atomic E-state index is 11.7. The van der Waals surface area contributed by atoms with Gasteiger partial charge in [-0.1, -0.05) is 70.9 Å². The van der Waals surface area contributed by atoms with Crippen molar-refractivity contribution in [1.29, 1.82) is 0 Å². The van der Waals surface area contributed by atoms with Gasteiger partial charge in [-0.15, -0.1) is 0 Å². The highest BCUT2D eigenvalue weighted by Gasteiger charge is 2.05. The van der Waals surface area contributed by atoms with Gasteiger partial charge in [0.15, 0.2) is 0 Å². The second-order valence-electron chi connectivity index (χ2n) is 7.70. The molecule has 0 aliphatic rings. The van der Waals surface area contributed by atoms with Crippen molar-refractivity contribution in [3.63, 3.8) is 0 Å². The van der Waals surface area contributed by atoms with Gasteiger partial charge in [0.25, 0.3) is 5.56 Å². The molecule has 0 amide bonds. The van der Waals surface area contributed by atoms with Crippen LogP contribution in [-0.4, -0.2) is 22.8 Å². The lowest BCUT2D eigenvalue weighted by atomic mass is 10.1. The van der Waals surface area contributed by atoms with E-state index >= 15 is 0 Å². The largest absolute Gasteiger partial charge is 0.492 e. The van der Waals surface area contributed by atoms with Gasteiger partial charge in [-0.05, 0) is 36.1 Å². The highest BCUT2D eigenvalue weighted by Crippen LogP contribution is 2.25. The molecule has 1 heterocycles. The maximum Gasteiger partial charge on any atom is 0.252 e. The number of ether oxygens (including phenoxy) is 1. The van der Waals surface area contributed by atoms with Crippen LogP contribution in [0.2, 0.25) is 5.02 Å². The Morgan fingerprint density at radius 2 is 1.90 bits per heavy atom. The van der Waals surface area contributed by atoms with Gasteiger partial charge >= 0.3 is 0 Å². The monoisotopic (exact) mass is 432 g/mol. The second-order valence-corrected chi connectivity index (χ2v) is 8.11. The van der Waals surface area contributed by atoms with Crippen LogP contribution in [0, 0.1) is 0 Å². The summed E-state index contributed by atoms with van der Waals surface area (Å²) in [5, 5.41) is 4.69. The minimum Gasteiger partial charge on any atom is -0.492 e. The van der Waals surface area contributed by atoms with E-state index in [1.807, 2.05) is 26.0 Å². The molecular weight excluding hydrogens is 400 g/mol. The zero-order valence-electron chi connectivity index (χ0n) is 18.2. The fraction of sp³-hybridized carbons (Fsp3) is 0.522. The molecule has 0 aliphatic carbocycles. The number of unbranched alkanes of at least 4 members (excludes halogenated alkanes) is 6. The summed E-state index contributed by atoms with van der Waals surface area (Å²) in [6.07, 6.45) is 10.4. The predicted octanol–water partition coefficient (Wildman–Crippen LogP) is 6.12. The molecular formula is C23H33ClN4O2. The van der Waals surface area contributed by atoms with Gasteiger partial charge in [0, 0.05) is 6.07 Å². The molecule has 0 saturated heterocycles. The lowest BCUT2D eigenvalue weighted by Gasteiger charge is -2.08. The number of benzene rings is 1. The topological polar surface area (TPSA) is 79.4 Å². The second kappa shape index (κ2) is 13.1. The number of H-pyrrole nitrogens is 1. The molecule has 1 aromatic carbocycles. The van der Waals surface area contributed by atoms with Crippen molar-refractivity contribution in [1.82, 2.24) is 9.97 Å². The first-order valence-corrected chi connectivity index (χ1v) is 11.2. The van der Waals surface area contributed by atoms with Gasteiger partial charge < -0.3 is 4.74 Å². The van der Waals surface area contributed by atoms with Crippen molar-refractivity contribution >= 4 is 23.8 Å². The highest BCUT2D eigenvalue weighted by molar-refractivity contribution is 6.32. The van der Waals surface area contributed by atoms with E-state index in [1.165, 1.54) is 44.6 Å². The van der Waals surface area contributed by atoms with Gasteiger partial charge in [-0.2, -0.15) is 5.10 Å². The molecule has 30 heavy (non-hydrogen) atoms. The standard InChI is InChI=1S/C23H33ClN4O2/c1-4-5-6-7-8-9-10-13-30-21-12-11-18(14-19(21)24)16-25-28-23-26-20(17(2)3)15-22(29)27-23/h11-12,14-17H,4-10,13H2,1-3H3,(H2,26,27,28,29)/b25-16-. The van der Waals surface area contributed by atoms with Crippen molar-refractivity contribution in [3.05, 3.63) is 50.9 Å². The Morgan fingerprint density at radius 1 is 1.17 bits per heavy atom. The summed E-state index contributed by atoms with van der Waals surface area (Å²) in [5.41, 5.74) is 4.07. The van der Waals surface area contributed by atoms with Crippen molar-refractivity contribution in [2.75, 3.05) is 12.0 Å². The number of hydrogen-bond acceptors (Lipinski definition) is 5. The lowest BCUT2D eigenvalue weighted by Crippen LogP contribution is -2.12. The number of nitrogens with one attached hydrogen (secondary N) is 2. The van der Waals surface area contributed by atoms with E-state index in [0.717, 1.165) is 12.0 Å². The molecule has 0 radical (unpaired) electrons. The quantitative estimate of drug-likeness (QED) is 0.227. The molecule has 7 heteroatoms. The van der Waals surface area contributed by atoms with Gasteiger partial charge in [-0.3, -0.25) is 9.78 Å². The van der Waals surface area contributed by atoms with Gasteiger partial charge in [0.1, 0.15) is 5.75 Å². The number of anilines is 1. The summed E-state index contributed by atoms with van der Waals surface area (Å²) >= 11 is 6.33. The zero-order valence-corrected chi connectivity index (χ0v) is 19.0. The Labute approximate surface area is 184 Å². The van der Waals surface area contributed by atoms with E-state index in [2.05, 4.69) is 27.4 Å². The molecule has 0 spiro atoms. The van der Waals surface area contributed by atoms with Gasteiger partial charge in [0.2, 0.25) is 5.95 Å². The Bertz CT molecular complexity index is 865. The first-order chi connectivity index (χ1) is 14.5. The fourth-order valence-corrected chi connectivity index (χ4v) is 3.19. The molecule has 0 saturated carbocycles. The van der Waals surface area contributed by atoms with Gasteiger partial charge in [-0.25, -0.2) is 10.4 Å². The summed E-state index contributed by atoms with van der Waals surface area (Å²) < 4.78 is 5.80. The van der Waals surface area contributed by atoms with Crippen molar-refractivity contribution < 1.29 is 4.74 Å². The molecule has 1 aromatic heterocycles. The van der Waals surface area contributed by atoms with Crippen LogP contribution >= 0.6 is 11.6 Å². The first kappa shape index (κ1) is 23.9. The fourth-order valence-electron chi connectivity index (χ4n) is 2.95. The normalized spacial score (nSPS) is 11.4. The Morgan fingerprint density at radius 3 is 2.60 bits per heavy atom. The summed E-state index contributed by atoms with van der Waals surface area (Å²) in [4.78, 5) is 18.7. The number of rotatable bonds is 13. The molecule has 164 valence electrons. The minimum atomic E-state index is -0.211. The molecule has 0 fully saturated rings. The predicted molar refractivity (Wildman–Crippen MR) is 125 cm³/mol. The molecule has 0 aliphatic heterocycles. The van der Waals surface area contributed by atoms with E-state index < -0.39 is 0 Å². The van der Waals surface area contributed by atoms with Gasteiger partial charge in [0.05, 0.1) is 23.5 Å². The Hall–Kier alpha value is -2.34. The van der Waals surface area contributed by atoms with Crippen LogP contribution < -0.4 is 15.7 Å². The number of aromatic nitrogens is 2. The number of halogens is 1. The van der Waals surface area contributed by atoms with Crippen molar-refractivity contribution in [2.24, 2.45) is 5.10 Å². The van der Waals surface area contributed by atoms with Crippen molar-refractivity contribution in [3.8, 4) is 5.75 Å². The van der Waals surface area contributed by atoms with E-state index in [-0.39, 0.29) is 11.5 Å². The average Bonchev–Trinajstić information content (AvgIpc) is 2.71. The van der Waals surface area contributed by atoms with Crippen LogP contribution in [-0.2, 0) is 0 Å². The first-order valence-electron chi connectivity index (χ1n) is 10.8. The molecule has 0 unspecified atom stereocenters. The smallest absolute Gasteiger partial charge is 0.252 e. The van der Waals surface area contributed by atoms with E-state index in [4.69, 9.17) is 16.3 Å². The summed E-state index contributed by atoms with van der Waals surface area (Å²) in [6.45, 7) is 6.87. The molecule has 0 atom stereocenters. The minimum absolute atomic E-state index is 0.157. The highest BCUT2D eigenvalue weighted by atomic mass is 35.5. The third-order valence-corrected chi connectivity index (χ3v) is 4.99. The zero-order chi connectivity index (χ0) is 21.8. The van der Waals surface area contributed by atoms with Crippen LogP contribution in [0.5, 0.6) is 5.75 Å². The van der Waals surface area contributed by atoms with Crippen LogP contribution in [0.15, 0.2) is 34.2 Å². The summed E-state index contributed by atoms with van der Waals surface area (Å²) in [6, 6.07) is 7.03. The maximum atomic E-state index is 11.7. The Balaban J connectivity index is 1.80. The summed E-state index contributed by atoms with van der Waals surface area (Å²) in [7, 11) is 0. The third-order valence-electron chi connectivity index (χ3n) is 4.70. The SMILES string of the molecule is CCCCCCCCCOc1ccc(/C=N\Nc2nc(C(C)C)cc(=O)[nH]2)cc1Cl. The van der Waals surface area contributed by atoms with E-state index in [9.17, 15) is 4.79 Å². The molecule has 2 aromatic rings. The lowest BCUT2D eigenvalue weighted by molar-refractivity contribution is 0.304. The molecule has 2 N–H and O–H groups in total. The van der Waals surface area contributed by atoms with Crippen LogP contribution in [0.1, 0.15) is 82.9 Å². The Kier molecular flexibility index (Phi) is 10.4. The number of aromatic amines is 1. The molecule has 6 nitrogen and oxygen atoms in total. The van der Waals surface area contributed by atoms with E-state index in [0.29, 0.717) is 29.0 Å². The van der Waals surface area contributed by atoms with Crippen LogP contribution in [0.4, 0.5) is 5.95 Å². The molecule has 0 bridgehead atoms. The van der Waals surface area contributed by atoms with E-state index in [1.54, 1.807) is 12.3 Å². The third kappa shape index (κ3) is 8.57.